The molecule has 0 N–H and O–H groups in total. The molecule has 173 valence electrons. The first-order chi connectivity index (χ1) is 18.0. The predicted octanol–water partition coefficient (Wildman–Crippen LogP) is 7.21. The summed E-state index contributed by atoms with van der Waals surface area (Å²) in [5, 5.41) is 0. The Morgan fingerprint density at radius 2 is 1.49 bits per heavy atom. The molecule has 3 heterocycles. The largest absolute Gasteiger partial charge is 0.441 e. The Labute approximate surface area is 222 Å². The van der Waals surface area contributed by atoms with Gasteiger partial charge < -0.3 is 14.4 Å². The van der Waals surface area contributed by atoms with Crippen LogP contribution in [-0.4, -0.2) is 15.0 Å². The number of para-hydroxylation sites is 1. The summed E-state index contributed by atoms with van der Waals surface area (Å²) in [5.74, 6) is -0.248. The second-order valence-corrected chi connectivity index (χ2v) is 7.37. The molecule has 0 spiro atoms. The van der Waals surface area contributed by atoms with E-state index >= 15 is 0 Å². The van der Waals surface area contributed by atoms with Crippen molar-refractivity contribution in [3.05, 3.63) is 127 Å². The molecule has 35 heavy (non-hydrogen) atoms. The van der Waals surface area contributed by atoms with Gasteiger partial charge in [0, 0.05) is 43.5 Å². The zero-order valence-electron chi connectivity index (χ0n) is 21.5. The number of rotatable bonds is 3. The molecule has 0 fully saturated rings. The van der Waals surface area contributed by atoms with E-state index in [4.69, 9.17) is 8.53 Å². The summed E-state index contributed by atoms with van der Waals surface area (Å²) in [6, 6.07) is 36.8. The average Bonchev–Trinajstić information content (AvgIpc) is 3.41. The normalized spacial score (nSPS) is 11.8. The molecule has 0 atom stereocenters. The van der Waals surface area contributed by atoms with Gasteiger partial charge in [-0.05, 0) is 35.2 Å². The summed E-state index contributed by atoms with van der Waals surface area (Å²) in [7, 11) is 0. The topological polar surface area (TPSA) is 51.8 Å². The van der Waals surface area contributed by atoms with Crippen molar-refractivity contribution >= 4 is 11.1 Å². The van der Waals surface area contributed by atoms with Gasteiger partial charge in [-0.2, -0.15) is 0 Å². The Bertz CT molecular complexity index is 1570. The summed E-state index contributed by atoms with van der Waals surface area (Å²) in [4.78, 5) is 12.8. The zero-order chi connectivity index (χ0) is 25.7. The van der Waals surface area contributed by atoms with Gasteiger partial charge in [-0.3, -0.25) is 0 Å². The Kier molecular flexibility index (Phi) is 6.71. The van der Waals surface area contributed by atoms with Gasteiger partial charge in [0.2, 0.25) is 0 Å². The fourth-order valence-corrected chi connectivity index (χ4v) is 3.56. The van der Waals surface area contributed by atoms with E-state index in [-0.39, 0.29) is 26.0 Å². The first-order valence-electron chi connectivity index (χ1n) is 12.2. The molecular weight excluding hydrogens is 611 g/mol. The Morgan fingerprint density at radius 3 is 2.17 bits per heavy atom. The maximum absolute atomic E-state index is 7.49. The van der Waals surface area contributed by atoms with Crippen LogP contribution in [0.2, 0.25) is 0 Å². The second-order valence-electron chi connectivity index (χ2n) is 7.37. The van der Waals surface area contributed by atoms with E-state index in [1.807, 2.05) is 91.0 Å². The van der Waals surface area contributed by atoms with Gasteiger partial charge in [0.25, 0.3) is 0 Å². The number of nitrogens with zero attached hydrogens (tertiary/aromatic N) is 3. The van der Waals surface area contributed by atoms with Crippen LogP contribution in [0.1, 0.15) is 10.0 Å². The zero-order valence-corrected chi connectivity index (χ0v) is 20.9. The number of aryl methyl sites for hydroxylation is 1. The van der Waals surface area contributed by atoms with Crippen LogP contribution in [0.25, 0.3) is 44.7 Å². The van der Waals surface area contributed by atoms with Crippen LogP contribution < -0.4 is 0 Å². The van der Waals surface area contributed by atoms with Crippen molar-refractivity contribution in [1.29, 1.82) is 0 Å². The number of hydrogen-bond acceptors (Lipinski definition) is 4. The molecule has 6 rings (SSSR count). The minimum atomic E-state index is -2.38. The van der Waals surface area contributed by atoms with Crippen molar-refractivity contribution < 1.29 is 28.6 Å². The second kappa shape index (κ2) is 11.5. The number of hydrogen-bond donors (Lipinski definition) is 0. The summed E-state index contributed by atoms with van der Waals surface area (Å²) in [5.41, 5.74) is 6.38. The minimum absolute atomic E-state index is 0. The van der Waals surface area contributed by atoms with E-state index in [9.17, 15) is 0 Å². The van der Waals surface area contributed by atoms with Crippen LogP contribution in [-0.2, 0) is 20.1 Å². The van der Waals surface area contributed by atoms with Crippen molar-refractivity contribution in [3.63, 3.8) is 0 Å². The molecule has 0 bridgehead atoms. The van der Waals surface area contributed by atoms with Crippen LogP contribution in [0.4, 0.5) is 0 Å². The maximum Gasteiger partial charge on any atom is 0.192 e. The molecule has 0 aliphatic heterocycles. The van der Waals surface area contributed by atoms with Crippen LogP contribution >= 0.6 is 0 Å². The molecule has 3 aromatic heterocycles. The Hall–Kier alpha value is -3.92. The van der Waals surface area contributed by atoms with Gasteiger partial charge in [0.15, 0.2) is 11.5 Å². The maximum atomic E-state index is 7.49. The standard InChI is InChI=1S/C19H13N2O.C11H8N.Ir/c1-13-21-19-16(8-5-10-18(19)22-13)14-6-4-7-15(12-14)17-9-2-3-11-20-17;1-2-6-10(7-3-1)11-8-4-5-9-12-11;/h2-6,8-12H,1H3;1-6,8-9H;/q2*-1;/i1D3;;. The predicted molar refractivity (Wildman–Crippen MR) is 135 cm³/mol. The molecule has 4 nitrogen and oxygen atoms in total. The van der Waals surface area contributed by atoms with Crippen molar-refractivity contribution in [2.24, 2.45) is 0 Å². The summed E-state index contributed by atoms with van der Waals surface area (Å²) in [6.07, 6.45) is 3.52. The van der Waals surface area contributed by atoms with E-state index in [0.29, 0.717) is 11.1 Å². The van der Waals surface area contributed by atoms with Crippen molar-refractivity contribution in [3.8, 4) is 33.6 Å². The average molecular weight is 635 g/mol. The number of fused-ring (bicyclic) bond motifs is 1. The molecule has 0 saturated heterocycles. The molecule has 0 saturated carbocycles. The molecule has 0 amide bonds. The molecule has 0 unspecified atom stereocenters. The van der Waals surface area contributed by atoms with E-state index in [1.54, 1.807) is 18.5 Å². The van der Waals surface area contributed by atoms with E-state index in [1.165, 1.54) is 0 Å². The first-order valence-corrected chi connectivity index (χ1v) is 10.7. The quantitative estimate of drug-likeness (QED) is 0.193. The first kappa shape index (κ1) is 20.5. The third-order valence-electron chi connectivity index (χ3n) is 5.12. The fourth-order valence-electron chi connectivity index (χ4n) is 3.56. The van der Waals surface area contributed by atoms with Crippen LogP contribution in [0.5, 0.6) is 0 Å². The molecule has 0 aliphatic carbocycles. The van der Waals surface area contributed by atoms with Gasteiger partial charge in [-0.25, -0.2) is 4.98 Å². The Balaban J connectivity index is 0.000000218. The smallest absolute Gasteiger partial charge is 0.192 e. The molecule has 3 aromatic carbocycles. The van der Waals surface area contributed by atoms with Gasteiger partial charge in [0.1, 0.15) is 5.52 Å². The third kappa shape index (κ3) is 5.78. The molecular formula is C30H21IrN3O-2. The van der Waals surface area contributed by atoms with Crippen LogP contribution in [0.15, 0.2) is 114 Å². The van der Waals surface area contributed by atoms with Crippen molar-refractivity contribution in [2.75, 3.05) is 0 Å². The summed E-state index contributed by atoms with van der Waals surface area (Å²) >= 11 is 0. The van der Waals surface area contributed by atoms with Crippen LogP contribution in [0, 0.1) is 19.0 Å². The number of pyridine rings is 2. The summed E-state index contributed by atoms with van der Waals surface area (Å²) < 4.78 is 27.9. The minimum Gasteiger partial charge on any atom is -0.441 e. The summed E-state index contributed by atoms with van der Waals surface area (Å²) in [6.45, 7) is -2.38. The molecule has 6 aromatic rings. The number of aromatic nitrogens is 3. The van der Waals surface area contributed by atoms with Gasteiger partial charge in [-0.1, -0.05) is 42.0 Å². The van der Waals surface area contributed by atoms with Crippen molar-refractivity contribution in [1.82, 2.24) is 15.0 Å². The van der Waals surface area contributed by atoms with Gasteiger partial charge >= 0.3 is 0 Å². The van der Waals surface area contributed by atoms with Crippen molar-refractivity contribution in [2.45, 2.75) is 6.85 Å². The molecule has 0 aliphatic rings. The van der Waals surface area contributed by atoms with Crippen LogP contribution in [0.3, 0.4) is 0 Å². The third-order valence-corrected chi connectivity index (χ3v) is 5.12. The molecule has 1 radical (unpaired) electrons. The Morgan fingerprint density at radius 1 is 0.743 bits per heavy atom. The van der Waals surface area contributed by atoms with E-state index < -0.39 is 6.85 Å². The number of benzene rings is 3. The fraction of sp³-hybridized carbons (Fsp3) is 0.0333. The molecule has 5 heteroatoms. The SMILES string of the molecule is [2H]C([2H])([2H])c1nc2c(-c3cc[c-]c(-c4ccccn4)c3)cccc2o1.[Ir].[c-]1ccccc1-c1ccccn1. The van der Waals surface area contributed by atoms with Gasteiger partial charge in [-0.15, -0.1) is 65.7 Å². The number of oxazole rings is 1. The van der Waals surface area contributed by atoms with Gasteiger partial charge in [0.05, 0.1) is 0 Å². The van der Waals surface area contributed by atoms with E-state index in [2.05, 4.69) is 27.1 Å². The van der Waals surface area contributed by atoms with E-state index in [0.717, 1.165) is 33.6 Å². The monoisotopic (exact) mass is 635 g/mol.